The lowest BCUT2D eigenvalue weighted by Gasteiger charge is -2.10. The number of thioether (sulfide) groups is 1. The number of nitrogens with one attached hydrogen (secondary N) is 1. The van der Waals surface area contributed by atoms with E-state index < -0.39 is 0 Å². The molecule has 1 amide bonds. The highest BCUT2D eigenvalue weighted by Crippen LogP contribution is 2.27. The van der Waals surface area contributed by atoms with Gasteiger partial charge in [0.1, 0.15) is 11.4 Å². The molecule has 1 aromatic heterocycles. The fourth-order valence-corrected chi connectivity index (χ4v) is 3.44. The molecule has 0 aliphatic heterocycles. The van der Waals surface area contributed by atoms with Crippen LogP contribution in [0, 0.1) is 6.92 Å². The van der Waals surface area contributed by atoms with E-state index in [4.69, 9.17) is 4.74 Å². The van der Waals surface area contributed by atoms with E-state index in [1.165, 1.54) is 17.3 Å². The molecule has 3 aromatic rings. The zero-order valence-electron chi connectivity index (χ0n) is 16.2. The van der Waals surface area contributed by atoms with Crippen molar-refractivity contribution in [3.05, 3.63) is 53.6 Å². The molecule has 3 rings (SSSR count). The van der Waals surface area contributed by atoms with Crippen molar-refractivity contribution >= 4 is 23.4 Å². The second-order valence-corrected chi connectivity index (χ2v) is 7.27. The van der Waals surface area contributed by atoms with Gasteiger partial charge in [-0.15, -0.1) is 5.10 Å². The topological polar surface area (TPSA) is 81.9 Å². The highest BCUT2D eigenvalue weighted by molar-refractivity contribution is 7.99. The summed E-state index contributed by atoms with van der Waals surface area (Å²) >= 11 is 1.27. The molecule has 0 bridgehead atoms. The number of methoxy groups -OCH3 is 1. The Kier molecular flexibility index (Phi) is 6.65. The van der Waals surface area contributed by atoms with Gasteiger partial charge in [0.05, 0.1) is 12.9 Å². The summed E-state index contributed by atoms with van der Waals surface area (Å²) in [6.45, 7) is 4.13. The Morgan fingerprint density at radius 2 is 2.00 bits per heavy atom. The number of carbonyl (C=O) groups is 1. The fraction of sp³-hybridized carbons (Fsp3) is 0.300. The third-order valence-electron chi connectivity index (χ3n) is 4.11. The van der Waals surface area contributed by atoms with Gasteiger partial charge in [-0.25, -0.2) is 0 Å². The summed E-state index contributed by atoms with van der Waals surface area (Å²) in [5.41, 5.74) is 3.85. The van der Waals surface area contributed by atoms with E-state index in [0.717, 1.165) is 29.8 Å². The maximum atomic E-state index is 12.3. The first-order valence-electron chi connectivity index (χ1n) is 9.05. The summed E-state index contributed by atoms with van der Waals surface area (Å²) in [5, 5.41) is 15.3. The van der Waals surface area contributed by atoms with Crippen LogP contribution in [0.25, 0.3) is 5.69 Å². The van der Waals surface area contributed by atoms with Crippen molar-refractivity contribution in [2.45, 2.75) is 31.8 Å². The predicted octanol–water partition coefficient (Wildman–Crippen LogP) is 3.66. The van der Waals surface area contributed by atoms with E-state index in [2.05, 4.69) is 27.8 Å². The fourth-order valence-electron chi connectivity index (χ4n) is 2.76. The minimum Gasteiger partial charge on any atom is -0.494 e. The van der Waals surface area contributed by atoms with Gasteiger partial charge in [-0.05, 0) is 59.2 Å². The number of amides is 1. The van der Waals surface area contributed by atoms with Gasteiger partial charge in [0.25, 0.3) is 0 Å². The van der Waals surface area contributed by atoms with Crippen molar-refractivity contribution in [1.29, 1.82) is 0 Å². The lowest BCUT2D eigenvalue weighted by molar-refractivity contribution is -0.113. The molecule has 0 unspecified atom stereocenters. The SMILES string of the molecule is CCCc1ccc(NC(=O)CSc2nnnn2-c2cc(C)ccc2OC)cc1. The average Bonchev–Trinajstić information content (AvgIpc) is 3.16. The molecule has 1 heterocycles. The number of aromatic nitrogens is 4. The quantitative estimate of drug-likeness (QED) is 0.584. The Bertz CT molecular complexity index is 940. The van der Waals surface area contributed by atoms with Gasteiger partial charge < -0.3 is 10.1 Å². The van der Waals surface area contributed by atoms with E-state index in [-0.39, 0.29) is 11.7 Å². The summed E-state index contributed by atoms with van der Waals surface area (Å²) in [6, 6.07) is 13.7. The highest BCUT2D eigenvalue weighted by atomic mass is 32.2. The molecule has 0 aliphatic rings. The van der Waals surface area contributed by atoms with E-state index in [1.54, 1.807) is 11.8 Å². The van der Waals surface area contributed by atoms with Crippen molar-refractivity contribution in [2.75, 3.05) is 18.2 Å². The molecule has 7 nitrogen and oxygen atoms in total. The summed E-state index contributed by atoms with van der Waals surface area (Å²) in [5.74, 6) is 0.751. The third-order valence-corrected chi connectivity index (χ3v) is 5.03. The molecular weight excluding hydrogens is 374 g/mol. The summed E-state index contributed by atoms with van der Waals surface area (Å²) in [7, 11) is 1.60. The van der Waals surface area contributed by atoms with Crippen LogP contribution < -0.4 is 10.1 Å². The van der Waals surface area contributed by atoms with Crippen molar-refractivity contribution in [2.24, 2.45) is 0 Å². The molecule has 28 heavy (non-hydrogen) atoms. The van der Waals surface area contributed by atoms with Crippen molar-refractivity contribution in [1.82, 2.24) is 20.2 Å². The predicted molar refractivity (Wildman–Crippen MR) is 110 cm³/mol. The van der Waals surface area contributed by atoms with Crippen LogP contribution in [0.1, 0.15) is 24.5 Å². The van der Waals surface area contributed by atoms with Gasteiger partial charge in [-0.2, -0.15) is 4.68 Å². The summed E-state index contributed by atoms with van der Waals surface area (Å²) in [6.07, 6.45) is 2.14. The highest BCUT2D eigenvalue weighted by Gasteiger charge is 2.15. The normalized spacial score (nSPS) is 10.7. The maximum absolute atomic E-state index is 12.3. The van der Waals surface area contributed by atoms with Crippen molar-refractivity contribution < 1.29 is 9.53 Å². The Morgan fingerprint density at radius 1 is 1.21 bits per heavy atom. The smallest absolute Gasteiger partial charge is 0.234 e. The average molecular weight is 398 g/mol. The molecule has 146 valence electrons. The molecule has 0 spiro atoms. The van der Waals surface area contributed by atoms with Crippen LogP contribution in [0.4, 0.5) is 5.69 Å². The van der Waals surface area contributed by atoms with Crippen LogP contribution in [-0.4, -0.2) is 39.0 Å². The van der Waals surface area contributed by atoms with E-state index >= 15 is 0 Å². The van der Waals surface area contributed by atoms with Crippen LogP contribution in [0.5, 0.6) is 5.75 Å². The van der Waals surface area contributed by atoms with E-state index in [9.17, 15) is 4.79 Å². The van der Waals surface area contributed by atoms with Gasteiger partial charge >= 0.3 is 0 Å². The number of hydrogen-bond donors (Lipinski definition) is 1. The van der Waals surface area contributed by atoms with Gasteiger partial charge in [0.2, 0.25) is 11.1 Å². The van der Waals surface area contributed by atoms with Crippen molar-refractivity contribution in [3.63, 3.8) is 0 Å². The van der Waals surface area contributed by atoms with Gasteiger partial charge in [-0.1, -0.05) is 43.3 Å². The molecular formula is C20H23N5O2S. The monoisotopic (exact) mass is 397 g/mol. The summed E-state index contributed by atoms with van der Waals surface area (Å²) in [4.78, 5) is 12.3. The second-order valence-electron chi connectivity index (χ2n) is 6.33. The lowest BCUT2D eigenvalue weighted by atomic mass is 10.1. The second kappa shape index (κ2) is 9.36. The number of carbonyl (C=O) groups excluding carboxylic acids is 1. The Balaban J connectivity index is 1.65. The lowest BCUT2D eigenvalue weighted by Crippen LogP contribution is -2.14. The molecule has 1 N–H and O–H groups in total. The number of nitrogens with zero attached hydrogens (tertiary/aromatic N) is 4. The molecule has 8 heteroatoms. The molecule has 2 aromatic carbocycles. The van der Waals surface area contributed by atoms with E-state index in [0.29, 0.717) is 10.9 Å². The number of benzene rings is 2. The molecule has 0 radical (unpaired) electrons. The molecule has 0 aliphatic carbocycles. The van der Waals surface area contributed by atoms with Crippen LogP contribution >= 0.6 is 11.8 Å². The first kappa shape index (κ1) is 19.9. The number of tetrazole rings is 1. The Morgan fingerprint density at radius 3 is 2.71 bits per heavy atom. The number of hydrogen-bond acceptors (Lipinski definition) is 6. The minimum atomic E-state index is -0.112. The standard InChI is InChI=1S/C20H23N5O2S/c1-4-5-15-7-9-16(10-8-15)21-19(26)13-28-20-22-23-24-25(20)17-12-14(2)6-11-18(17)27-3/h6-12H,4-5,13H2,1-3H3,(H,21,26). The zero-order valence-corrected chi connectivity index (χ0v) is 17.0. The molecule has 0 saturated heterocycles. The zero-order chi connectivity index (χ0) is 19.9. The van der Waals surface area contributed by atoms with Crippen LogP contribution in [0.15, 0.2) is 47.6 Å². The Hall–Kier alpha value is -2.87. The van der Waals surface area contributed by atoms with E-state index in [1.807, 2.05) is 49.4 Å². The first-order chi connectivity index (χ1) is 13.6. The van der Waals surface area contributed by atoms with Crippen LogP contribution in [-0.2, 0) is 11.2 Å². The van der Waals surface area contributed by atoms with Crippen LogP contribution in [0.2, 0.25) is 0 Å². The van der Waals surface area contributed by atoms with Crippen LogP contribution in [0.3, 0.4) is 0 Å². The largest absolute Gasteiger partial charge is 0.494 e. The number of rotatable bonds is 8. The molecule has 0 atom stereocenters. The maximum Gasteiger partial charge on any atom is 0.234 e. The molecule has 0 saturated carbocycles. The number of ether oxygens (including phenoxy) is 1. The van der Waals surface area contributed by atoms with Gasteiger partial charge in [-0.3, -0.25) is 4.79 Å². The minimum absolute atomic E-state index is 0.112. The van der Waals surface area contributed by atoms with Crippen molar-refractivity contribution in [3.8, 4) is 11.4 Å². The number of anilines is 1. The first-order valence-corrected chi connectivity index (χ1v) is 10.0. The van der Waals surface area contributed by atoms with Gasteiger partial charge in [0.15, 0.2) is 0 Å². The summed E-state index contributed by atoms with van der Waals surface area (Å²) < 4.78 is 6.99. The molecule has 0 fully saturated rings. The third kappa shape index (κ3) is 4.89. The number of aryl methyl sites for hydroxylation is 2. The van der Waals surface area contributed by atoms with Gasteiger partial charge in [0, 0.05) is 5.69 Å². The Labute approximate surface area is 168 Å².